The molecule has 1 aromatic heterocycles. The smallest absolute Gasteiger partial charge is 0.417 e. The van der Waals surface area contributed by atoms with Gasteiger partial charge in [0.2, 0.25) is 15.9 Å². The monoisotopic (exact) mass is 644 g/mol. The Morgan fingerprint density at radius 2 is 1.96 bits per heavy atom. The zero-order valence-electron chi connectivity index (χ0n) is 24.5. The number of alkyl halides is 3. The second kappa shape index (κ2) is 10.1. The van der Waals surface area contributed by atoms with E-state index >= 15 is 0 Å². The molecule has 1 spiro atoms. The Hall–Kier alpha value is -3.81. The maximum absolute atomic E-state index is 14.1. The van der Waals surface area contributed by atoms with Crippen molar-refractivity contribution >= 4 is 22.0 Å². The Balaban J connectivity index is 1.32. The second-order valence-corrected chi connectivity index (χ2v) is 13.9. The lowest BCUT2D eigenvalue weighted by Gasteiger charge is -2.64. The van der Waals surface area contributed by atoms with E-state index in [1.54, 1.807) is 36.2 Å². The highest BCUT2D eigenvalue weighted by Crippen LogP contribution is 2.66. The molecule has 13 heteroatoms. The van der Waals surface area contributed by atoms with E-state index in [4.69, 9.17) is 13.9 Å². The van der Waals surface area contributed by atoms with E-state index in [2.05, 4.69) is 0 Å². The largest absolute Gasteiger partial charge is 0.493 e. The molecular formula is C32H31F3N2O7S. The Labute approximate surface area is 257 Å². The molecule has 5 atom stereocenters. The summed E-state index contributed by atoms with van der Waals surface area (Å²) in [6, 6.07) is 7.76. The van der Waals surface area contributed by atoms with Gasteiger partial charge >= 0.3 is 6.18 Å². The predicted molar refractivity (Wildman–Crippen MR) is 155 cm³/mol. The maximum atomic E-state index is 14.1. The number of benzene rings is 2. The summed E-state index contributed by atoms with van der Waals surface area (Å²) in [6.45, 7) is -0.151. The van der Waals surface area contributed by atoms with Crippen molar-refractivity contribution in [2.75, 3.05) is 20.7 Å². The summed E-state index contributed by atoms with van der Waals surface area (Å²) in [5, 5.41) is 12.8. The first-order valence-electron chi connectivity index (χ1n) is 14.6. The number of furan rings is 1. The van der Waals surface area contributed by atoms with Crippen molar-refractivity contribution in [2.45, 2.75) is 66.0 Å². The third-order valence-corrected chi connectivity index (χ3v) is 12.1. The molecule has 4 aliphatic rings. The summed E-state index contributed by atoms with van der Waals surface area (Å²) < 4.78 is 88.5. The number of hydrogen-bond donors (Lipinski definition) is 1. The molecule has 9 nitrogen and oxygen atoms in total. The number of likely N-dealkylation sites (N-methyl/N-ethyl adjacent to an activating group) is 1. The Morgan fingerprint density at radius 3 is 2.67 bits per heavy atom. The van der Waals surface area contributed by atoms with E-state index < -0.39 is 55.9 Å². The molecule has 238 valence electrons. The van der Waals surface area contributed by atoms with E-state index in [0.717, 1.165) is 33.6 Å². The van der Waals surface area contributed by atoms with E-state index in [1.807, 2.05) is 0 Å². The third kappa shape index (κ3) is 4.13. The van der Waals surface area contributed by atoms with Crippen LogP contribution in [0.25, 0.3) is 6.08 Å². The van der Waals surface area contributed by atoms with Crippen LogP contribution in [0.5, 0.6) is 11.5 Å². The van der Waals surface area contributed by atoms with Crippen LogP contribution in [0.4, 0.5) is 13.2 Å². The van der Waals surface area contributed by atoms with Crippen LogP contribution in [0.15, 0.2) is 70.4 Å². The molecule has 3 heterocycles. The van der Waals surface area contributed by atoms with Crippen LogP contribution in [0.2, 0.25) is 0 Å². The van der Waals surface area contributed by atoms with Crippen LogP contribution in [0.1, 0.15) is 41.5 Å². The van der Waals surface area contributed by atoms with Crippen LogP contribution >= 0.6 is 0 Å². The van der Waals surface area contributed by atoms with Gasteiger partial charge in [0.05, 0.1) is 53.2 Å². The SMILES string of the molecule is COc1ccc2c3c1O[C@H]1[C@H](N(C)C(=O)/C=C\c4ccoc4)CC[C@@]4(O)[C@@H](C2)N(S(=O)(=O)c2ccccc2C(F)(F)F)CC[C@]314. The minimum absolute atomic E-state index is 0.0641. The summed E-state index contributed by atoms with van der Waals surface area (Å²) >= 11 is 0. The molecule has 1 saturated carbocycles. The quantitative estimate of drug-likeness (QED) is 0.397. The van der Waals surface area contributed by atoms with Gasteiger partial charge in [0.1, 0.15) is 6.10 Å². The topological polar surface area (TPSA) is 110 Å². The lowest BCUT2D eigenvalue weighted by molar-refractivity contribution is -0.186. The minimum Gasteiger partial charge on any atom is -0.493 e. The molecule has 1 saturated heterocycles. The number of ether oxygens (including phenoxy) is 2. The molecule has 2 fully saturated rings. The summed E-state index contributed by atoms with van der Waals surface area (Å²) in [5.74, 6) is 0.586. The molecule has 2 aliphatic heterocycles. The van der Waals surface area contributed by atoms with Gasteiger partial charge in [0.25, 0.3) is 0 Å². The normalized spacial score (nSPS) is 28.9. The number of amides is 1. The zero-order chi connectivity index (χ0) is 31.9. The van der Waals surface area contributed by atoms with Crippen LogP contribution in [0, 0.1) is 0 Å². The van der Waals surface area contributed by atoms with E-state index in [9.17, 15) is 31.5 Å². The van der Waals surface area contributed by atoms with Gasteiger partial charge in [-0.25, -0.2) is 8.42 Å². The Bertz CT molecular complexity index is 1810. The molecule has 7 rings (SSSR count). The number of methoxy groups -OCH3 is 1. The molecule has 3 aromatic rings. The van der Waals surface area contributed by atoms with E-state index in [1.165, 1.54) is 31.8 Å². The first-order valence-corrected chi connectivity index (χ1v) is 16.0. The fourth-order valence-corrected chi connectivity index (χ4v) is 10.1. The molecule has 1 amide bonds. The number of carbonyl (C=O) groups excluding carboxylic acids is 1. The van der Waals surface area contributed by atoms with Crippen LogP contribution in [-0.4, -0.2) is 73.1 Å². The molecule has 0 unspecified atom stereocenters. The van der Waals surface area contributed by atoms with Crippen molar-refractivity contribution in [3.8, 4) is 11.5 Å². The highest BCUT2D eigenvalue weighted by Gasteiger charge is 2.74. The second-order valence-electron chi connectivity index (χ2n) is 12.1. The lowest BCUT2D eigenvalue weighted by atomic mass is 9.48. The fourth-order valence-electron chi connectivity index (χ4n) is 8.19. The van der Waals surface area contributed by atoms with Crippen LogP contribution < -0.4 is 9.47 Å². The van der Waals surface area contributed by atoms with Gasteiger partial charge in [-0.15, -0.1) is 0 Å². The average molecular weight is 645 g/mol. The third-order valence-electron chi connectivity index (χ3n) is 10.2. The molecule has 2 aromatic carbocycles. The molecule has 45 heavy (non-hydrogen) atoms. The number of hydrogen-bond acceptors (Lipinski definition) is 7. The number of carbonyl (C=O) groups is 1. The van der Waals surface area contributed by atoms with Crippen molar-refractivity contribution < 1.29 is 45.4 Å². The summed E-state index contributed by atoms with van der Waals surface area (Å²) in [5.41, 5.74) is -1.94. The standard InChI is InChI=1S/C32H31F3N2O7S/c1-36(26(38)10-7-19-12-16-43-18-19)22-11-13-31(39)25-17-20-8-9-23(42-2)28-27(20)30(31,29(22)44-28)14-15-37(25)45(40,41)24-6-4-3-5-21(24)32(33,34)35/h3-10,12,16,18,22,25,29,39H,11,13-15,17H2,1-2H3/b10-7-/t22-,25-,29+,30+,31-/m1/s1. The van der Waals surface area contributed by atoms with Crippen molar-refractivity contribution in [1.29, 1.82) is 0 Å². The number of halogens is 3. The summed E-state index contributed by atoms with van der Waals surface area (Å²) in [6.07, 6.45) is 0.880. The van der Waals surface area contributed by atoms with Gasteiger partial charge < -0.3 is 23.9 Å². The highest BCUT2D eigenvalue weighted by molar-refractivity contribution is 7.89. The number of aliphatic hydroxyl groups is 1. The predicted octanol–water partition coefficient (Wildman–Crippen LogP) is 4.39. The van der Waals surface area contributed by atoms with Crippen molar-refractivity contribution in [2.24, 2.45) is 0 Å². The van der Waals surface area contributed by atoms with Gasteiger partial charge in [-0.05, 0) is 61.6 Å². The first kappa shape index (κ1) is 29.9. The van der Waals surface area contributed by atoms with Crippen molar-refractivity contribution in [3.63, 3.8) is 0 Å². The highest BCUT2D eigenvalue weighted by atomic mass is 32.2. The number of piperidine rings is 1. The van der Waals surface area contributed by atoms with E-state index in [-0.39, 0.29) is 38.1 Å². The number of sulfonamides is 1. The van der Waals surface area contributed by atoms with Gasteiger partial charge in [-0.1, -0.05) is 18.2 Å². The van der Waals surface area contributed by atoms with Gasteiger partial charge in [0, 0.05) is 30.8 Å². The van der Waals surface area contributed by atoms with Crippen molar-refractivity contribution in [1.82, 2.24) is 9.21 Å². The van der Waals surface area contributed by atoms with Crippen molar-refractivity contribution in [3.05, 3.63) is 83.3 Å². The minimum atomic E-state index is -4.90. The molecular weight excluding hydrogens is 613 g/mol. The summed E-state index contributed by atoms with van der Waals surface area (Å²) in [4.78, 5) is 14.1. The van der Waals surface area contributed by atoms with Gasteiger partial charge in [-0.2, -0.15) is 17.5 Å². The fraction of sp³-hybridized carbons (Fsp3) is 0.406. The zero-order valence-corrected chi connectivity index (χ0v) is 25.3. The summed E-state index contributed by atoms with van der Waals surface area (Å²) in [7, 11) is -1.54. The lowest BCUT2D eigenvalue weighted by Crippen LogP contribution is -2.78. The van der Waals surface area contributed by atoms with Gasteiger partial charge in [-0.3, -0.25) is 4.79 Å². The maximum Gasteiger partial charge on any atom is 0.417 e. The Kier molecular flexibility index (Phi) is 6.70. The Morgan fingerprint density at radius 1 is 1.18 bits per heavy atom. The number of nitrogens with zero attached hydrogens (tertiary/aromatic N) is 2. The average Bonchev–Trinajstić information content (AvgIpc) is 3.65. The van der Waals surface area contributed by atoms with Crippen LogP contribution in [-0.2, 0) is 32.8 Å². The molecule has 2 aliphatic carbocycles. The van der Waals surface area contributed by atoms with E-state index in [0.29, 0.717) is 17.1 Å². The van der Waals surface area contributed by atoms with Gasteiger partial charge in [0.15, 0.2) is 11.5 Å². The first-order chi connectivity index (χ1) is 21.3. The molecule has 0 radical (unpaired) electrons. The molecule has 1 N–H and O–H groups in total. The number of rotatable bonds is 6. The van der Waals surface area contributed by atoms with Crippen LogP contribution in [0.3, 0.4) is 0 Å². The molecule has 2 bridgehead atoms.